The minimum atomic E-state index is 0.376. The van der Waals surface area contributed by atoms with Crippen LogP contribution in [0.15, 0.2) is 63.8 Å². The van der Waals surface area contributed by atoms with Gasteiger partial charge in [-0.2, -0.15) is 0 Å². The first kappa shape index (κ1) is 28.9. The fourth-order valence-electron chi connectivity index (χ4n) is 9.34. The van der Waals surface area contributed by atoms with Crippen LogP contribution in [0.2, 0.25) is 0 Å². The van der Waals surface area contributed by atoms with E-state index in [-0.39, 0.29) is 0 Å². The van der Waals surface area contributed by atoms with Crippen molar-refractivity contribution in [3.63, 3.8) is 0 Å². The van der Waals surface area contributed by atoms with Crippen molar-refractivity contribution < 1.29 is 13.6 Å². The van der Waals surface area contributed by atoms with Crippen LogP contribution in [0.5, 0.6) is 5.75 Å². The molecule has 45 heavy (non-hydrogen) atoms. The highest BCUT2D eigenvalue weighted by Crippen LogP contribution is 2.54. The Balaban J connectivity index is 0.000000168. The number of hydrogen-bond acceptors (Lipinski definition) is 6. The highest BCUT2D eigenvalue weighted by atomic mass is 16.5. The molecule has 3 aromatic carbocycles. The maximum atomic E-state index is 6.30. The first-order valence-corrected chi connectivity index (χ1v) is 17.1. The number of benzene rings is 3. The van der Waals surface area contributed by atoms with E-state index in [1.54, 1.807) is 17.4 Å². The first-order chi connectivity index (χ1) is 22.2. The second kappa shape index (κ2) is 12.0. The lowest BCUT2D eigenvalue weighted by Crippen LogP contribution is -2.08. The third-order valence-corrected chi connectivity index (χ3v) is 11.2. The van der Waals surface area contributed by atoms with Gasteiger partial charge in [-0.15, -0.1) is 0 Å². The van der Waals surface area contributed by atoms with Crippen molar-refractivity contribution in [2.45, 2.75) is 81.5 Å². The molecule has 234 valence electrons. The minimum absolute atomic E-state index is 0.376. The molecule has 6 nitrogen and oxygen atoms in total. The topological polar surface area (TPSA) is 114 Å². The van der Waals surface area contributed by atoms with Crippen LogP contribution in [0, 0.1) is 0 Å². The lowest BCUT2D eigenvalue weighted by atomic mass is 9.85. The highest BCUT2D eigenvalue weighted by molar-refractivity contribution is 5.85. The van der Waals surface area contributed by atoms with E-state index in [4.69, 9.17) is 30.8 Å². The van der Waals surface area contributed by atoms with Gasteiger partial charge in [0.05, 0.1) is 19.1 Å². The van der Waals surface area contributed by atoms with E-state index >= 15 is 0 Å². The summed E-state index contributed by atoms with van der Waals surface area (Å²) in [6.45, 7) is 3.06. The molecule has 6 heteroatoms. The Kier molecular flexibility index (Phi) is 7.68. The summed E-state index contributed by atoms with van der Waals surface area (Å²) in [5, 5.41) is 2.55. The molecule has 3 heterocycles. The summed E-state index contributed by atoms with van der Waals surface area (Å²) in [5.74, 6) is 3.29. The van der Waals surface area contributed by atoms with E-state index < -0.39 is 0 Å². The smallest absolute Gasteiger partial charge is 0.134 e. The fraction of sp³-hybridized carbons (Fsp3) is 0.436. The number of furan rings is 2. The molecule has 0 radical (unpaired) electrons. The largest absolute Gasteiger partial charge is 0.493 e. The van der Waals surface area contributed by atoms with Gasteiger partial charge in [0.1, 0.15) is 16.9 Å². The Morgan fingerprint density at radius 2 is 1.27 bits per heavy atom. The quantitative estimate of drug-likeness (QED) is 0.177. The van der Waals surface area contributed by atoms with Crippen LogP contribution in [-0.4, -0.2) is 26.2 Å². The predicted octanol–water partition coefficient (Wildman–Crippen LogP) is 7.53. The summed E-state index contributed by atoms with van der Waals surface area (Å²) in [6.07, 6.45) is 13.8. The number of ether oxygens (including phenoxy) is 1. The third kappa shape index (κ3) is 4.81. The summed E-state index contributed by atoms with van der Waals surface area (Å²) in [6, 6.07) is 15.4. The maximum Gasteiger partial charge on any atom is 0.134 e. The van der Waals surface area contributed by atoms with Crippen molar-refractivity contribution in [1.82, 2.24) is 0 Å². The maximum absolute atomic E-state index is 6.30. The number of aryl methyl sites for hydroxylation is 2. The zero-order valence-electron chi connectivity index (χ0n) is 26.2. The van der Waals surface area contributed by atoms with Crippen molar-refractivity contribution in [3.05, 3.63) is 99.5 Å². The normalized spacial score (nSPS) is 22.6. The molecule has 0 bridgehead atoms. The fourth-order valence-corrected chi connectivity index (χ4v) is 9.34. The molecule has 0 saturated heterocycles. The number of fused-ring (bicyclic) bond motifs is 9. The van der Waals surface area contributed by atoms with Crippen LogP contribution < -0.4 is 21.9 Å². The van der Waals surface area contributed by atoms with Crippen molar-refractivity contribution in [2.75, 3.05) is 26.2 Å². The zero-order valence-corrected chi connectivity index (χ0v) is 26.2. The Hall–Kier alpha value is -3.58. The molecule has 5 aromatic rings. The van der Waals surface area contributed by atoms with E-state index in [2.05, 4.69) is 42.5 Å². The third-order valence-electron chi connectivity index (χ3n) is 11.2. The summed E-state index contributed by atoms with van der Waals surface area (Å²) in [5.41, 5.74) is 31.5. The van der Waals surface area contributed by atoms with Crippen molar-refractivity contribution >= 4 is 21.9 Å². The van der Waals surface area contributed by atoms with Crippen molar-refractivity contribution in [2.24, 2.45) is 17.2 Å². The average Bonchev–Trinajstić information content (AvgIpc) is 3.88. The van der Waals surface area contributed by atoms with Gasteiger partial charge in [-0.25, -0.2) is 0 Å². The van der Waals surface area contributed by atoms with Crippen LogP contribution in [0.4, 0.5) is 0 Å². The molecule has 4 atom stereocenters. The SMILES string of the molecule is NCC[C@@H]1CCc2cc(C3C[C@@H](CCN)c4c3ccc3occc43)c3c(c21)CCO3.NCC[C@@H]1CCc2ccc3occc3c21. The molecule has 0 saturated carbocycles. The molecule has 6 N–H and O–H groups in total. The monoisotopic (exact) mass is 603 g/mol. The van der Waals surface area contributed by atoms with Gasteiger partial charge in [-0.05, 0) is 146 Å². The van der Waals surface area contributed by atoms with Gasteiger partial charge in [0.15, 0.2) is 0 Å². The van der Waals surface area contributed by atoms with Crippen LogP contribution in [0.3, 0.4) is 0 Å². The molecule has 9 rings (SSSR count). The molecule has 2 aromatic heterocycles. The van der Waals surface area contributed by atoms with E-state index in [9.17, 15) is 0 Å². The summed E-state index contributed by atoms with van der Waals surface area (Å²) >= 11 is 0. The van der Waals surface area contributed by atoms with Crippen molar-refractivity contribution in [3.8, 4) is 5.75 Å². The number of hydrogen-bond donors (Lipinski definition) is 3. The molecule has 1 aliphatic heterocycles. The van der Waals surface area contributed by atoms with Crippen LogP contribution in [0.25, 0.3) is 21.9 Å². The van der Waals surface area contributed by atoms with Crippen LogP contribution >= 0.6 is 0 Å². The molecule has 0 fully saturated rings. The van der Waals surface area contributed by atoms with Gasteiger partial charge in [0.2, 0.25) is 0 Å². The molecule has 0 spiro atoms. The molecule has 1 unspecified atom stereocenters. The van der Waals surface area contributed by atoms with E-state index in [0.29, 0.717) is 30.2 Å². The Morgan fingerprint density at radius 3 is 2.00 bits per heavy atom. The first-order valence-electron chi connectivity index (χ1n) is 17.1. The van der Waals surface area contributed by atoms with Gasteiger partial charge in [-0.3, -0.25) is 0 Å². The average molecular weight is 604 g/mol. The van der Waals surface area contributed by atoms with Gasteiger partial charge in [0, 0.05) is 34.2 Å². The predicted molar refractivity (Wildman–Crippen MR) is 180 cm³/mol. The molecule has 4 aliphatic rings. The Bertz CT molecular complexity index is 1850. The summed E-state index contributed by atoms with van der Waals surface area (Å²) in [7, 11) is 0. The standard InChI is InChI=1S/C26H30N2O2.C13H15NO/c27-9-5-15-1-2-16-14-22(26-20(24(15)16)8-12-30-26)21-13-17(6-10-28)25-18(21)3-4-23-19(25)7-11-29-23;14-7-5-10-2-1-9-3-4-12-11(13(9)10)6-8-15-12/h3-4,7,11,14-15,17,21H,1-2,5-6,8-10,12-13,27-28H2;3-4,6,8,10H,1-2,5,7,14H2/t15-,17+,21?;10-/m00/s1. The van der Waals surface area contributed by atoms with E-state index in [1.807, 2.05) is 6.26 Å². The lowest BCUT2D eigenvalue weighted by Gasteiger charge is -2.21. The Morgan fingerprint density at radius 1 is 0.622 bits per heavy atom. The highest BCUT2D eigenvalue weighted by Gasteiger charge is 2.39. The molecule has 3 aliphatic carbocycles. The van der Waals surface area contributed by atoms with Crippen molar-refractivity contribution in [1.29, 1.82) is 0 Å². The number of nitrogens with two attached hydrogens (primary N) is 3. The molecular weight excluding hydrogens is 558 g/mol. The molecule has 0 amide bonds. The van der Waals surface area contributed by atoms with Gasteiger partial charge >= 0.3 is 0 Å². The zero-order chi connectivity index (χ0) is 30.5. The lowest BCUT2D eigenvalue weighted by molar-refractivity contribution is 0.351. The minimum Gasteiger partial charge on any atom is -0.493 e. The Labute approximate surface area is 265 Å². The van der Waals surface area contributed by atoms with Gasteiger partial charge < -0.3 is 30.8 Å². The van der Waals surface area contributed by atoms with E-state index in [0.717, 1.165) is 63.0 Å². The second-order valence-electron chi connectivity index (χ2n) is 13.5. The second-order valence-corrected chi connectivity index (χ2v) is 13.5. The summed E-state index contributed by atoms with van der Waals surface area (Å²) < 4.78 is 17.5. The molecular formula is C39H45N3O3. The van der Waals surface area contributed by atoms with Gasteiger partial charge in [-0.1, -0.05) is 18.2 Å². The van der Waals surface area contributed by atoms with Crippen LogP contribution in [-0.2, 0) is 19.3 Å². The van der Waals surface area contributed by atoms with Gasteiger partial charge in [0.25, 0.3) is 0 Å². The number of rotatable bonds is 7. The van der Waals surface area contributed by atoms with Crippen LogP contribution in [0.1, 0.15) is 107 Å². The summed E-state index contributed by atoms with van der Waals surface area (Å²) in [4.78, 5) is 0. The van der Waals surface area contributed by atoms with E-state index in [1.165, 1.54) is 75.6 Å².